The number of hydrogen-bond acceptors (Lipinski definition) is 3. The van der Waals surface area contributed by atoms with E-state index in [2.05, 4.69) is 0 Å². The van der Waals surface area contributed by atoms with Crippen molar-refractivity contribution in [3.63, 3.8) is 0 Å². The zero-order valence-electron chi connectivity index (χ0n) is 8.81. The Kier molecular flexibility index (Phi) is 4.17. The minimum absolute atomic E-state index is 0.266. The van der Waals surface area contributed by atoms with Crippen LogP contribution >= 0.6 is 0 Å². The highest BCUT2D eigenvalue weighted by atomic mass is 16.6. The van der Waals surface area contributed by atoms with Crippen LogP contribution in [0.3, 0.4) is 0 Å². The van der Waals surface area contributed by atoms with Gasteiger partial charge in [0.25, 0.3) is 0 Å². The van der Waals surface area contributed by atoms with Crippen LogP contribution in [-0.4, -0.2) is 31.5 Å². The summed E-state index contributed by atoms with van der Waals surface area (Å²) in [7, 11) is 1.67. The van der Waals surface area contributed by atoms with E-state index in [9.17, 15) is 0 Å². The third-order valence-electron chi connectivity index (χ3n) is 1.54. The van der Waals surface area contributed by atoms with Gasteiger partial charge in [-0.25, -0.2) is 0 Å². The van der Waals surface area contributed by atoms with Gasteiger partial charge in [-0.2, -0.15) is 0 Å². The fraction of sp³-hybridized carbons (Fsp3) is 1.00. The Labute approximate surface area is 75.2 Å². The lowest BCUT2D eigenvalue weighted by molar-refractivity contribution is -0.142. The quantitative estimate of drug-likeness (QED) is 0.682. The topological polar surface area (TPSA) is 44.5 Å². The van der Waals surface area contributed by atoms with Crippen molar-refractivity contribution >= 4 is 0 Å². The Morgan fingerprint density at radius 1 is 1.08 bits per heavy atom. The van der Waals surface area contributed by atoms with E-state index in [1.54, 1.807) is 7.11 Å². The van der Waals surface area contributed by atoms with E-state index < -0.39 is 0 Å². The summed E-state index contributed by atoms with van der Waals surface area (Å²) in [6, 6.07) is 0. The molecule has 0 aromatic carbocycles. The number of methoxy groups -OCH3 is 1. The van der Waals surface area contributed by atoms with Crippen molar-refractivity contribution in [1.29, 1.82) is 0 Å². The van der Waals surface area contributed by atoms with Crippen molar-refractivity contribution in [2.45, 2.75) is 38.9 Å². The van der Waals surface area contributed by atoms with Gasteiger partial charge in [-0.1, -0.05) is 0 Å². The second kappa shape index (κ2) is 4.21. The smallest absolute Gasteiger partial charge is 0.0866 e. The van der Waals surface area contributed by atoms with Gasteiger partial charge in [0.05, 0.1) is 17.8 Å². The highest BCUT2D eigenvalue weighted by Gasteiger charge is 2.27. The molecule has 0 aromatic heterocycles. The van der Waals surface area contributed by atoms with Gasteiger partial charge < -0.3 is 15.2 Å². The molecule has 0 saturated heterocycles. The second-order valence-corrected chi connectivity index (χ2v) is 4.26. The largest absolute Gasteiger partial charge is 0.382 e. The van der Waals surface area contributed by atoms with Crippen LogP contribution in [-0.2, 0) is 9.47 Å². The first-order valence-electron chi connectivity index (χ1n) is 4.22. The molecule has 0 fully saturated rings. The van der Waals surface area contributed by atoms with Gasteiger partial charge in [0.1, 0.15) is 0 Å². The summed E-state index contributed by atoms with van der Waals surface area (Å²) in [6.45, 7) is 9.03. The number of hydrogen-bond donors (Lipinski definition) is 1. The molecule has 0 bridgehead atoms. The Hall–Kier alpha value is -0.120. The molecule has 0 saturated carbocycles. The highest BCUT2D eigenvalue weighted by Crippen LogP contribution is 2.19. The van der Waals surface area contributed by atoms with Crippen LogP contribution in [0.1, 0.15) is 27.7 Å². The predicted octanol–water partition coefficient (Wildman–Crippen LogP) is 1.17. The Morgan fingerprint density at radius 2 is 1.58 bits per heavy atom. The molecule has 0 aromatic rings. The molecule has 0 aliphatic heterocycles. The van der Waals surface area contributed by atoms with Crippen LogP contribution in [0.25, 0.3) is 0 Å². The van der Waals surface area contributed by atoms with Crippen molar-refractivity contribution in [3.05, 3.63) is 0 Å². The Morgan fingerprint density at radius 3 is 1.92 bits per heavy atom. The van der Waals surface area contributed by atoms with Crippen molar-refractivity contribution in [1.82, 2.24) is 0 Å². The summed E-state index contributed by atoms with van der Waals surface area (Å²) >= 11 is 0. The Balaban J connectivity index is 4.04. The second-order valence-electron chi connectivity index (χ2n) is 4.26. The van der Waals surface area contributed by atoms with E-state index in [-0.39, 0.29) is 11.2 Å². The molecule has 74 valence electrons. The van der Waals surface area contributed by atoms with Crippen LogP contribution in [0.2, 0.25) is 0 Å². The van der Waals surface area contributed by atoms with Crippen LogP contribution in [0.4, 0.5) is 0 Å². The molecule has 0 rings (SSSR count). The van der Waals surface area contributed by atoms with Crippen LogP contribution in [0.15, 0.2) is 0 Å². The lowest BCUT2D eigenvalue weighted by atomic mass is 10.1. The van der Waals surface area contributed by atoms with Crippen LogP contribution in [0, 0.1) is 0 Å². The van der Waals surface area contributed by atoms with Gasteiger partial charge >= 0.3 is 0 Å². The van der Waals surface area contributed by atoms with E-state index in [0.717, 1.165) is 0 Å². The molecule has 0 aliphatic carbocycles. The van der Waals surface area contributed by atoms with Gasteiger partial charge in [0.2, 0.25) is 0 Å². The number of nitrogens with two attached hydrogens (primary N) is 1. The summed E-state index contributed by atoms with van der Waals surface area (Å²) in [5, 5.41) is 0. The summed E-state index contributed by atoms with van der Waals surface area (Å²) in [5.41, 5.74) is 5.00. The summed E-state index contributed by atoms with van der Waals surface area (Å²) in [6.07, 6.45) is 0. The first kappa shape index (κ1) is 11.9. The standard InChI is InChI=1S/C9H21NO2/c1-8(2,6-10)12-9(3,4)7-11-5/h6-7,10H2,1-5H3. The molecule has 3 heteroatoms. The van der Waals surface area contributed by atoms with Gasteiger partial charge in [-0.15, -0.1) is 0 Å². The summed E-state index contributed by atoms with van der Waals surface area (Å²) < 4.78 is 10.8. The summed E-state index contributed by atoms with van der Waals surface area (Å²) in [4.78, 5) is 0. The fourth-order valence-corrected chi connectivity index (χ4v) is 1.17. The average Bonchev–Trinajstić information content (AvgIpc) is 1.85. The monoisotopic (exact) mass is 175 g/mol. The van der Waals surface area contributed by atoms with Gasteiger partial charge in [-0.3, -0.25) is 0 Å². The maximum absolute atomic E-state index is 5.76. The molecule has 0 spiro atoms. The minimum Gasteiger partial charge on any atom is -0.382 e. The molecular formula is C9H21NO2. The van der Waals surface area contributed by atoms with Crippen LogP contribution in [0.5, 0.6) is 0 Å². The third-order valence-corrected chi connectivity index (χ3v) is 1.54. The molecule has 0 heterocycles. The molecule has 0 amide bonds. The fourth-order valence-electron chi connectivity index (χ4n) is 1.17. The maximum Gasteiger partial charge on any atom is 0.0866 e. The first-order chi connectivity index (χ1) is 5.33. The molecule has 0 aliphatic rings. The van der Waals surface area contributed by atoms with Crippen molar-refractivity contribution in [2.24, 2.45) is 5.73 Å². The normalized spacial score (nSPS) is 13.5. The van der Waals surface area contributed by atoms with Crippen LogP contribution < -0.4 is 5.73 Å². The lowest BCUT2D eigenvalue weighted by Gasteiger charge is -2.34. The zero-order valence-corrected chi connectivity index (χ0v) is 8.81. The molecule has 2 N–H and O–H groups in total. The minimum atomic E-state index is -0.276. The zero-order chi connectivity index (χ0) is 9.83. The average molecular weight is 175 g/mol. The maximum atomic E-state index is 5.76. The van der Waals surface area contributed by atoms with E-state index in [0.29, 0.717) is 13.2 Å². The number of rotatable bonds is 5. The van der Waals surface area contributed by atoms with Gasteiger partial charge in [-0.05, 0) is 27.7 Å². The predicted molar refractivity (Wildman–Crippen MR) is 50.2 cm³/mol. The third kappa shape index (κ3) is 4.70. The molecule has 3 nitrogen and oxygen atoms in total. The van der Waals surface area contributed by atoms with Gasteiger partial charge in [0.15, 0.2) is 0 Å². The first-order valence-corrected chi connectivity index (χ1v) is 4.22. The molecular weight excluding hydrogens is 154 g/mol. The van der Waals surface area contributed by atoms with E-state index in [1.807, 2.05) is 27.7 Å². The van der Waals surface area contributed by atoms with Crippen molar-refractivity contribution in [3.8, 4) is 0 Å². The molecule has 0 unspecified atom stereocenters. The number of ether oxygens (including phenoxy) is 2. The van der Waals surface area contributed by atoms with Crippen molar-refractivity contribution < 1.29 is 9.47 Å². The molecule has 0 atom stereocenters. The van der Waals surface area contributed by atoms with E-state index in [4.69, 9.17) is 15.2 Å². The van der Waals surface area contributed by atoms with Gasteiger partial charge in [0, 0.05) is 13.7 Å². The molecule has 0 radical (unpaired) electrons. The SMILES string of the molecule is COCC(C)(C)OC(C)(C)CN. The van der Waals surface area contributed by atoms with Crippen molar-refractivity contribution in [2.75, 3.05) is 20.3 Å². The molecule has 12 heavy (non-hydrogen) atoms. The van der Waals surface area contributed by atoms with E-state index >= 15 is 0 Å². The Bertz CT molecular complexity index is 132. The highest BCUT2D eigenvalue weighted by molar-refractivity contribution is 4.77. The summed E-state index contributed by atoms with van der Waals surface area (Å²) in [5.74, 6) is 0. The lowest BCUT2D eigenvalue weighted by Crippen LogP contribution is -2.44. The van der Waals surface area contributed by atoms with E-state index in [1.165, 1.54) is 0 Å².